The number of carbonyl (C=O) groups excluding carboxylic acids is 2. The fourth-order valence-electron chi connectivity index (χ4n) is 4.94. The Kier molecular flexibility index (Phi) is 8.53. The molecular weight excluding hydrogens is 494 g/mol. The number of nitro groups is 1. The first kappa shape index (κ1) is 26.7. The van der Waals surface area contributed by atoms with Crippen LogP contribution in [-0.4, -0.2) is 60.9 Å². The standard InChI is InChI=1S/C27H34ClN5O4/c1-3-4-26(34)32-15-13-31(14-16-32)23-8-6-21(18-22(23)28)29-27(35)20-5-7-24(25(17-20)33(36)37)30-11-9-19(2)10-12-30/h5-8,17-19H,3-4,9-16H2,1-2H3,(H,29,35). The first-order valence-electron chi connectivity index (χ1n) is 12.9. The van der Waals surface area contributed by atoms with Gasteiger partial charge in [-0.15, -0.1) is 0 Å². The number of hydrogen-bond donors (Lipinski definition) is 1. The number of piperazine rings is 1. The minimum atomic E-state index is -0.436. The Hall–Kier alpha value is -3.33. The predicted molar refractivity (Wildman–Crippen MR) is 147 cm³/mol. The fourth-order valence-corrected chi connectivity index (χ4v) is 5.24. The van der Waals surface area contributed by atoms with E-state index in [2.05, 4.69) is 17.1 Å². The van der Waals surface area contributed by atoms with Gasteiger partial charge in [-0.1, -0.05) is 25.4 Å². The summed E-state index contributed by atoms with van der Waals surface area (Å²) in [6, 6.07) is 9.95. The number of hydrogen-bond acceptors (Lipinski definition) is 6. The molecule has 2 aromatic carbocycles. The molecule has 2 aliphatic heterocycles. The fraction of sp³-hybridized carbons (Fsp3) is 0.481. The summed E-state index contributed by atoms with van der Waals surface area (Å²) < 4.78 is 0. The maximum absolute atomic E-state index is 12.9. The van der Waals surface area contributed by atoms with Gasteiger partial charge in [-0.2, -0.15) is 0 Å². The summed E-state index contributed by atoms with van der Waals surface area (Å²) in [6.45, 7) is 8.40. The summed E-state index contributed by atoms with van der Waals surface area (Å²) in [4.78, 5) is 42.5. The van der Waals surface area contributed by atoms with Crippen molar-refractivity contribution in [1.29, 1.82) is 0 Å². The van der Waals surface area contributed by atoms with E-state index >= 15 is 0 Å². The molecule has 0 bridgehead atoms. The van der Waals surface area contributed by atoms with Gasteiger partial charge in [-0.25, -0.2) is 0 Å². The summed E-state index contributed by atoms with van der Waals surface area (Å²) in [5, 5.41) is 15.1. The van der Waals surface area contributed by atoms with E-state index in [4.69, 9.17) is 11.6 Å². The molecule has 10 heteroatoms. The number of amides is 2. The van der Waals surface area contributed by atoms with Gasteiger partial charge < -0.3 is 20.0 Å². The zero-order valence-electron chi connectivity index (χ0n) is 21.4. The summed E-state index contributed by atoms with van der Waals surface area (Å²) in [5.41, 5.74) is 2.06. The smallest absolute Gasteiger partial charge is 0.293 e. The molecule has 2 amide bonds. The molecule has 2 fully saturated rings. The molecular formula is C27H34ClN5O4. The minimum Gasteiger partial charge on any atom is -0.367 e. The molecule has 37 heavy (non-hydrogen) atoms. The molecule has 2 aliphatic rings. The van der Waals surface area contributed by atoms with Crippen LogP contribution in [0.1, 0.15) is 49.9 Å². The first-order chi connectivity index (χ1) is 17.8. The van der Waals surface area contributed by atoms with Crippen LogP contribution in [-0.2, 0) is 4.79 Å². The van der Waals surface area contributed by atoms with Gasteiger partial charge in [-0.3, -0.25) is 19.7 Å². The van der Waals surface area contributed by atoms with Crippen molar-refractivity contribution in [1.82, 2.24) is 4.90 Å². The molecule has 0 aliphatic carbocycles. The summed E-state index contributed by atoms with van der Waals surface area (Å²) >= 11 is 6.56. The van der Waals surface area contributed by atoms with Crippen molar-refractivity contribution < 1.29 is 14.5 Å². The second-order valence-corrected chi connectivity index (χ2v) is 10.3. The maximum Gasteiger partial charge on any atom is 0.293 e. The molecule has 9 nitrogen and oxygen atoms in total. The molecule has 0 radical (unpaired) electrons. The van der Waals surface area contributed by atoms with E-state index in [0.29, 0.717) is 54.9 Å². The van der Waals surface area contributed by atoms with Gasteiger partial charge in [0.2, 0.25) is 5.91 Å². The topological polar surface area (TPSA) is 99.0 Å². The molecule has 2 heterocycles. The Morgan fingerprint density at radius 3 is 2.27 bits per heavy atom. The molecule has 0 spiro atoms. The van der Waals surface area contributed by atoms with Crippen molar-refractivity contribution >= 4 is 46.2 Å². The van der Waals surface area contributed by atoms with E-state index in [9.17, 15) is 19.7 Å². The normalized spacial score (nSPS) is 16.6. The quantitative estimate of drug-likeness (QED) is 0.393. The highest BCUT2D eigenvalue weighted by Gasteiger charge is 2.25. The van der Waals surface area contributed by atoms with Gasteiger partial charge in [0, 0.05) is 63.0 Å². The van der Waals surface area contributed by atoms with Crippen LogP contribution in [0, 0.1) is 16.0 Å². The molecule has 4 rings (SSSR count). The van der Waals surface area contributed by atoms with Crippen LogP contribution in [0.4, 0.5) is 22.7 Å². The maximum atomic E-state index is 12.9. The monoisotopic (exact) mass is 527 g/mol. The largest absolute Gasteiger partial charge is 0.367 e. The lowest BCUT2D eigenvalue weighted by molar-refractivity contribution is -0.384. The summed E-state index contributed by atoms with van der Waals surface area (Å²) in [7, 11) is 0. The van der Waals surface area contributed by atoms with E-state index in [1.807, 2.05) is 22.8 Å². The number of nitro benzene ring substituents is 1. The Labute approximate surface area is 222 Å². The number of nitrogens with one attached hydrogen (secondary N) is 1. The zero-order valence-corrected chi connectivity index (χ0v) is 22.2. The van der Waals surface area contributed by atoms with Gasteiger partial charge in [0.15, 0.2) is 0 Å². The van der Waals surface area contributed by atoms with Crippen molar-refractivity contribution in [3.63, 3.8) is 0 Å². The van der Waals surface area contributed by atoms with Gasteiger partial charge in [0.05, 0.1) is 15.6 Å². The average molecular weight is 528 g/mol. The van der Waals surface area contributed by atoms with Gasteiger partial charge >= 0.3 is 0 Å². The van der Waals surface area contributed by atoms with Crippen molar-refractivity contribution in [3.8, 4) is 0 Å². The van der Waals surface area contributed by atoms with E-state index < -0.39 is 10.8 Å². The highest BCUT2D eigenvalue weighted by atomic mass is 35.5. The average Bonchev–Trinajstić information content (AvgIpc) is 2.89. The van der Waals surface area contributed by atoms with Crippen LogP contribution in [0.5, 0.6) is 0 Å². The third-order valence-electron chi connectivity index (χ3n) is 7.20. The highest BCUT2D eigenvalue weighted by Crippen LogP contribution is 2.33. The highest BCUT2D eigenvalue weighted by molar-refractivity contribution is 6.33. The molecule has 198 valence electrons. The minimum absolute atomic E-state index is 0.0628. The van der Waals surface area contributed by atoms with E-state index in [1.165, 1.54) is 6.07 Å². The van der Waals surface area contributed by atoms with Crippen LogP contribution >= 0.6 is 11.6 Å². The van der Waals surface area contributed by atoms with Crippen molar-refractivity contribution in [2.45, 2.75) is 39.5 Å². The molecule has 0 saturated carbocycles. The number of benzene rings is 2. The third kappa shape index (κ3) is 6.33. The SMILES string of the molecule is CCCC(=O)N1CCN(c2ccc(NC(=O)c3ccc(N4CCC(C)CC4)c([N+](=O)[O-])c3)cc2Cl)CC1. The number of halogens is 1. The van der Waals surface area contributed by atoms with Crippen LogP contribution < -0.4 is 15.1 Å². The molecule has 2 saturated heterocycles. The second-order valence-electron chi connectivity index (χ2n) is 9.87. The predicted octanol–water partition coefficient (Wildman–Crippen LogP) is 5.19. The summed E-state index contributed by atoms with van der Waals surface area (Å²) in [6.07, 6.45) is 3.39. The molecule has 1 N–H and O–H groups in total. The van der Waals surface area contributed by atoms with E-state index in [1.54, 1.807) is 24.3 Å². The lowest BCUT2D eigenvalue weighted by Crippen LogP contribution is -2.48. The molecule has 0 atom stereocenters. The van der Waals surface area contributed by atoms with Gasteiger partial charge in [0.25, 0.3) is 11.6 Å². The van der Waals surface area contributed by atoms with Crippen molar-refractivity contribution in [2.75, 3.05) is 54.4 Å². The van der Waals surface area contributed by atoms with Crippen LogP contribution in [0.2, 0.25) is 5.02 Å². The van der Waals surface area contributed by atoms with Crippen molar-refractivity contribution in [2.24, 2.45) is 5.92 Å². The summed E-state index contributed by atoms with van der Waals surface area (Å²) in [5.74, 6) is 0.358. The molecule has 0 unspecified atom stereocenters. The van der Waals surface area contributed by atoms with Crippen molar-refractivity contribution in [3.05, 3.63) is 57.1 Å². The third-order valence-corrected chi connectivity index (χ3v) is 7.50. The lowest BCUT2D eigenvalue weighted by Gasteiger charge is -2.36. The number of anilines is 3. The van der Waals surface area contributed by atoms with Gasteiger partial charge in [-0.05, 0) is 55.5 Å². The Bertz CT molecular complexity index is 1160. The van der Waals surface area contributed by atoms with Crippen LogP contribution in [0.15, 0.2) is 36.4 Å². The van der Waals surface area contributed by atoms with Crippen LogP contribution in [0.3, 0.4) is 0 Å². The number of piperidine rings is 1. The van der Waals surface area contributed by atoms with E-state index in [0.717, 1.165) is 38.0 Å². The first-order valence-corrected chi connectivity index (χ1v) is 13.3. The second kappa shape index (κ2) is 11.8. The Balaban J connectivity index is 1.42. The Morgan fingerprint density at radius 1 is 1.00 bits per heavy atom. The lowest BCUT2D eigenvalue weighted by atomic mass is 9.98. The number of rotatable bonds is 7. The van der Waals surface area contributed by atoms with Crippen LogP contribution in [0.25, 0.3) is 0 Å². The molecule has 2 aromatic rings. The number of nitrogens with zero attached hydrogens (tertiary/aromatic N) is 4. The molecule has 0 aromatic heterocycles. The zero-order chi connectivity index (χ0) is 26.5. The number of carbonyl (C=O) groups is 2. The van der Waals surface area contributed by atoms with Gasteiger partial charge in [0.1, 0.15) is 5.69 Å². The Morgan fingerprint density at radius 2 is 1.65 bits per heavy atom. The van der Waals surface area contributed by atoms with E-state index in [-0.39, 0.29) is 17.2 Å².